The minimum absolute atomic E-state index is 0.229. The molecule has 6 nitrogen and oxygen atoms in total. The van der Waals surface area contributed by atoms with Gasteiger partial charge in [-0.15, -0.1) is 0 Å². The lowest BCUT2D eigenvalue weighted by Crippen LogP contribution is -2.32. The minimum atomic E-state index is -0.963. The Balaban J connectivity index is 1.76. The van der Waals surface area contributed by atoms with Crippen LogP contribution in [0.25, 0.3) is 0 Å². The van der Waals surface area contributed by atoms with Gasteiger partial charge in [-0.2, -0.15) is 0 Å². The van der Waals surface area contributed by atoms with Crippen LogP contribution in [-0.2, 0) is 11.3 Å². The summed E-state index contributed by atoms with van der Waals surface area (Å²) in [6.45, 7) is 1.74. The lowest BCUT2D eigenvalue weighted by molar-refractivity contribution is 0.0697. The molecule has 0 aromatic heterocycles. The Kier molecular flexibility index (Phi) is 5.34. The molecule has 0 radical (unpaired) electrons. The first kappa shape index (κ1) is 15.1. The highest BCUT2D eigenvalue weighted by atomic mass is 16.5. The lowest BCUT2D eigenvalue weighted by Gasteiger charge is -2.14. The second-order valence-corrected chi connectivity index (χ2v) is 4.74. The van der Waals surface area contributed by atoms with Crippen molar-refractivity contribution in [2.24, 2.45) is 0 Å². The number of hydrogen-bond donors (Lipinski definition) is 3. The molecule has 0 bridgehead atoms. The zero-order chi connectivity index (χ0) is 15.1. The zero-order valence-electron chi connectivity index (χ0n) is 11.6. The average molecular weight is 290 g/mol. The predicted octanol–water partition coefficient (Wildman–Crippen LogP) is 1.88. The van der Waals surface area contributed by atoms with E-state index in [4.69, 9.17) is 9.84 Å². The Morgan fingerprint density at radius 1 is 1.19 bits per heavy atom. The van der Waals surface area contributed by atoms with Crippen LogP contribution in [0, 0.1) is 0 Å². The van der Waals surface area contributed by atoms with Crippen molar-refractivity contribution in [3.8, 4) is 0 Å². The number of hydrogen-bond acceptors (Lipinski definition) is 3. The van der Waals surface area contributed by atoms with Crippen molar-refractivity contribution in [2.75, 3.05) is 13.2 Å². The lowest BCUT2D eigenvalue weighted by atomic mass is 10.1. The maximum absolute atomic E-state index is 11.6. The van der Waals surface area contributed by atoms with Crippen molar-refractivity contribution in [3.05, 3.63) is 47.2 Å². The second-order valence-electron chi connectivity index (χ2n) is 4.74. The summed E-state index contributed by atoms with van der Waals surface area (Å²) >= 11 is 0. The topological polar surface area (TPSA) is 87.7 Å². The standard InChI is InChI=1S/C15H18N2O4/c18-14(19)13-3-1-11(2-4-13)9-16-15(20)17-10-12-5-7-21-8-6-12/h1-4,10H,5-9H2,(H,18,19)(H2,16,17,20). The molecule has 0 aliphatic carbocycles. The van der Waals surface area contributed by atoms with E-state index in [0.717, 1.165) is 18.4 Å². The van der Waals surface area contributed by atoms with Crippen molar-refractivity contribution in [1.29, 1.82) is 0 Å². The van der Waals surface area contributed by atoms with E-state index in [1.807, 2.05) is 0 Å². The van der Waals surface area contributed by atoms with Gasteiger partial charge < -0.3 is 20.5 Å². The number of benzene rings is 1. The molecule has 2 amide bonds. The van der Waals surface area contributed by atoms with Crippen molar-refractivity contribution in [2.45, 2.75) is 19.4 Å². The molecule has 112 valence electrons. The predicted molar refractivity (Wildman–Crippen MR) is 76.9 cm³/mol. The van der Waals surface area contributed by atoms with E-state index in [-0.39, 0.29) is 11.6 Å². The van der Waals surface area contributed by atoms with E-state index in [0.29, 0.717) is 19.8 Å². The molecular formula is C15H18N2O4. The van der Waals surface area contributed by atoms with E-state index in [1.165, 1.54) is 17.7 Å². The second kappa shape index (κ2) is 7.44. The molecule has 2 rings (SSSR count). The number of aromatic carboxylic acids is 1. The average Bonchev–Trinajstić information content (AvgIpc) is 2.52. The third kappa shape index (κ3) is 4.92. The third-order valence-electron chi connectivity index (χ3n) is 3.20. The zero-order valence-corrected chi connectivity index (χ0v) is 11.6. The molecule has 0 unspecified atom stereocenters. The van der Waals surface area contributed by atoms with Crippen molar-refractivity contribution in [3.63, 3.8) is 0 Å². The van der Waals surface area contributed by atoms with Crippen LogP contribution in [0.15, 0.2) is 36.0 Å². The summed E-state index contributed by atoms with van der Waals surface area (Å²) in [6.07, 6.45) is 3.42. The number of rotatable bonds is 4. The van der Waals surface area contributed by atoms with Gasteiger partial charge >= 0.3 is 12.0 Å². The van der Waals surface area contributed by atoms with E-state index in [9.17, 15) is 9.59 Å². The largest absolute Gasteiger partial charge is 0.478 e. The summed E-state index contributed by atoms with van der Waals surface area (Å²) in [4.78, 5) is 22.4. The van der Waals surface area contributed by atoms with E-state index >= 15 is 0 Å². The van der Waals surface area contributed by atoms with Gasteiger partial charge in [-0.1, -0.05) is 12.1 Å². The van der Waals surface area contributed by atoms with Crippen LogP contribution in [0.2, 0.25) is 0 Å². The Morgan fingerprint density at radius 2 is 1.86 bits per heavy atom. The summed E-state index contributed by atoms with van der Waals surface area (Å²) < 4.78 is 5.23. The van der Waals surface area contributed by atoms with Crippen LogP contribution in [0.5, 0.6) is 0 Å². The Labute approximate surface area is 122 Å². The van der Waals surface area contributed by atoms with Crippen LogP contribution in [0.3, 0.4) is 0 Å². The monoisotopic (exact) mass is 290 g/mol. The van der Waals surface area contributed by atoms with Gasteiger partial charge in [0.1, 0.15) is 0 Å². The van der Waals surface area contributed by atoms with Crippen LogP contribution < -0.4 is 10.6 Å². The molecule has 1 heterocycles. The molecule has 1 fully saturated rings. The fourth-order valence-electron chi connectivity index (χ4n) is 1.94. The number of carboxylic acid groups (broad SMARTS) is 1. The van der Waals surface area contributed by atoms with Gasteiger partial charge in [0.15, 0.2) is 0 Å². The number of urea groups is 1. The summed E-state index contributed by atoms with van der Waals surface area (Å²) in [5.74, 6) is -0.963. The fourth-order valence-corrected chi connectivity index (χ4v) is 1.94. The van der Waals surface area contributed by atoms with E-state index in [1.54, 1.807) is 18.3 Å². The van der Waals surface area contributed by atoms with Crippen molar-refractivity contribution >= 4 is 12.0 Å². The number of nitrogens with one attached hydrogen (secondary N) is 2. The van der Waals surface area contributed by atoms with Gasteiger partial charge in [-0.3, -0.25) is 0 Å². The number of carboxylic acids is 1. The molecule has 6 heteroatoms. The molecule has 0 atom stereocenters. The first-order chi connectivity index (χ1) is 10.1. The molecule has 1 aliphatic heterocycles. The molecule has 1 saturated heterocycles. The number of carbonyl (C=O) groups excluding carboxylic acids is 1. The molecule has 1 aromatic rings. The summed E-state index contributed by atoms with van der Waals surface area (Å²) in [6, 6.07) is 6.11. The van der Waals surface area contributed by atoms with Crippen LogP contribution in [-0.4, -0.2) is 30.3 Å². The third-order valence-corrected chi connectivity index (χ3v) is 3.20. The normalized spacial score (nSPS) is 14.4. The minimum Gasteiger partial charge on any atom is -0.478 e. The molecule has 1 aromatic carbocycles. The highest BCUT2D eigenvalue weighted by Gasteiger charge is 2.06. The van der Waals surface area contributed by atoms with Gasteiger partial charge in [0.25, 0.3) is 0 Å². The smallest absolute Gasteiger partial charge is 0.335 e. The molecule has 3 N–H and O–H groups in total. The highest BCUT2D eigenvalue weighted by molar-refractivity contribution is 5.87. The van der Waals surface area contributed by atoms with E-state index in [2.05, 4.69) is 10.6 Å². The molecular weight excluding hydrogens is 272 g/mol. The number of ether oxygens (including phenoxy) is 1. The van der Waals surface area contributed by atoms with Gasteiger partial charge in [-0.05, 0) is 36.1 Å². The van der Waals surface area contributed by atoms with Gasteiger partial charge in [0.05, 0.1) is 18.8 Å². The quantitative estimate of drug-likeness (QED) is 0.790. The summed E-state index contributed by atoms with van der Waals surface area (Å²) in [5.41, 5.74) is 2.24. The summed E-state index contributed by atoms with van der Waals surface area (Å²) in [7, 11) is 0. The van der Waals surface area contributed by atoms with Crippen LogP contribution >= 0.6 is 0 Å². The highest BCUT2D eigenvalue weighted by Crippen LogP contribution is 2.11. The molecule has 21 heavy (non-hydrogen) atoms. The van der Waals surface area contributed by atoms with Crippen LogP contribution in [0.1, 0.15) is 28.8 Å². The summed E-state index contributed by atoms with van der Waals surface area (Å²) in [5, 5.41) is 14.2. The van der Waals surface area contributed by atoms with Crippen LogP contribution in [0.4, 0.5) is 4.79 Å². The maximum Gasteiger partial charge on any atom is 0.335 e. The maximum atomic E-state index is 11.6. The molecule has 0 spiro atoms. The van der Waals surface area contributed by atoms with E-state index < -0.39 is 5.97 Å². The van der Waals surface area contributed by atoms with Crippen molar-refractivity contribution in [1.82, 2.24) is 10.6 Å². The first-order valence-electron chi connectivity index (χ1n) is 6.77. The van der Waals surface area contributed by atoms with Gasteiger partial charge in [0.2, 0.25) is 0 Å². The Hall–Kier alpha value is -2.34. The SMILES string of the molecule is O=C(NC=C1CCOCC1)NCc1ccc(C(=O)O)cc1. The first-order valence-corrected chi connectivity index (χ1v) is 6.77. The molecule has 0 saturated carbocycles. The van der Waals surface area contributed by atoms with Gasteiger partial charge in [-0.25, -0.2) is 9.59 Å². The van der Waals surface area contributed by atoms with Crippen molar-refractivity contribution < 1.29 is 19.4 Å². The molecule has 1 aliphatic rings. The fraction of sp³-hybridized carbons (Fsp3) is 0.333. The van der Waals surface area contributed by atoms with Gasteiger partial charge in [0, 0.05) is 12.7 Å². The number of carbonyl (C=O) groups is 2. The Morgan fingerprint density at radius 3 is 2.48 bits per heavy atom. The number of amides is 2. The Bertz CT molecular complexity index is 529.